The van der Waals surface area contributed by atoms with Gasteiger partial charge in [0.1, 0.15) is 18.2 Å². The molecule has 2 amide bonds. The fourth-order valence-electron chi connectivity index (χ4n) is 1.88. The molecule has 7 heteroatoms. The molecule has 1 aliphatic heterocycles. The molecule has 1 fully saturated rings. The highest BCUT2D eigenvalue weighted by molar-refractivity contribution is 5.77. The number of rotatable bonds is 7. The van der Waals surface area contributed by atoms with Crippen molar-refractivity contribution in [1.29, 1.82) is 0 Å². The average Bonchev–Trinajstić information content (AvgIpc) is 2.87. The molecule has 0 bridgehead atoms. The normalized spacial score (nSPS) is 14.0. The van der Waals surface area contributed by atoms with Crippen LogP contribution in [0.15, 0.2) is 24.3 Å². The van der Waals surface area contributed by atoms with Crippen molar-refractivity contribution < 1.29 is 23.5 Å². The molecule has 2 rings (SSSR count). The van der Waals surface area contributed by atoms with Gasteiger partial charge in [-0.25, -0.2) is 9.18 Å². The molecule has 0 aliphatic carbocycles. The van der Waals surface area contributed by atoms with E-state index in [1.165, 1.54) is 18.2 Å². The monoisotopic (exact) mass is 296 g/mol. The van der Waals surface area contributed by atoms with E-state index >= 15 is 0 Å². The van der Waals surface area contributed by atoms with Crippen LogP contribution in [0.25, 0.3) is 0 Å². The van der Waals surface area contributed by atoms with Crippen LogP contribution >= 0.6 is 0 Å². The quantitative estimate of drug-likeness (QED) is 0.767. The molecular weight excluding hydrogens is 279 g/mol. The van der Waals surface area contributed by atoms with Crippen LogP contribution < -0.4 is 10.1 Å². The zero-order valence-electron chi connectivity index (χ0n) is 11.5. The molecule has 0 unspecified atom stereocenters. The molecule has 1 saturated heterocycles. The third-order valence-electron chi connectivity index (χ3n) is 2.94. The van der Waals surface area contributed by atoms with Crippen LogP contribution in [0.1, 0.15) is 6.42 Å². The van der Waals surface area contributed by atoms with E-state index in [2.05, 4.69) is 5.32 Å². The first-order chi connectivity index (χ1) is 10.1. The number of hydrogen-bond acceptors (Lipinski definition) is 4. The van der Waals surface area contributed by atoms with Crippen LogP contribution in [0.4, 0.5) is 9.18 Å². The summed E-state index contributed by atoms with van der Waals surface area (Å²) in [5.74, 6) is -0.390. The predicted molar refractivity (Wildman–Crippen MR) is 72.4 cm³/mol. The number of cyclic esters (lactones) is 1. The molecular formula is C14H17FN2O4. The summed E-state index contributed by atoms with van der Waals surface area (Å²) in [6, 6.07) is 5.61. The van der Waals surface area contributed by atoms with Gasteiger partial charge in [-0.05, 0) is 18.6 Å². The number of amides is 2. The Labute approximate surface area is 121 Å². The summed E-state index contributed by atoms with van der Waals surface area (Å²) >= 11 is 0. The zero-order chi connectivity index (χ0) is 15.1. The number of nitrogens with one attached hydrogen (secondary N) is 1. The Morgan fingerprint density at radius 3 is 3.05 bits per heavy atom. The topological polar surface area (TPSA) is 67.9 Å². The van der Waals surface area contributed by atoms with Crippen molar-refractivity contribution in [2.45, 2.75) is 6.42 Å². The van der Waals surface area contributed by atoms with Gasteiger partial charge in [0, 0.05) is 19.2 Å². The van der Waals surface area contributed by atoms with Crippen molar-refractivity contribution in [2.75, 3.05) is 32.8 Å². The number of carbonyl (C=O) groups is 2. The lowest BCUT2D eigenvalue weighted by Gasteiger charge is -2.12. The van der Waals surface area contributed by atoms with Gasteiger partial charge < -0.3 is 19.7 Å². The van der Waals surface area contributed by atoms with Crippen LogP contribution in [0.5, 0.6) is 5.75 Å². The lowest BCUT2D eigenvalue weighted by molar-refractivity contribution is -0.123. The second kappa shape index (κ2) is 7.47. The molecule has 1 aliphatic rings. The molecule has 114 valence electrons. The SMILES string of the molecule is O=C(COc1cccc(F)c1)NCCCN1CCOC1=O. The van der Waals surface area contributed by atoms with E-state index in [0.717, 1.165) is 0 Å². The largest absolute Gasteiger partial charge is 0.484 e. The molecule has 0 radical (unpaired) electrons. The van der Waals surface area contributed by atoms with Crippen LogP contribution in [-0.4, -0.2) is 49.7 Å². The maximum atomic E-state index is 12.9. The third kappa shape index (κ3) is 4.94. The summed E-state index contributed by atoms with van der Waals surface area (Å²) in [6.45, 7) is 1.83. The second-order valence-corrected chi connectivity index (χ2v) is 4.55. The molecule has 1 heterocycles. The van der Waals surface area contributed by atoms with Crippen LogP contribution in [-0.2, 0) is 9.53 Å². The molecule has 6 nitrogen and oxygen atoms in total. The van der Waals surface area contributed by atoms with E-state index in [-0.39, 0.29) is 18.6 Å². The van der Waals surface area contributed by atoms with Crippen molar-refractivity contribution in [3.63, 3.8) is 0 Å². The first-order valence-electron chi connectivity index (χ1n) is 6.72. The van der Waals surface area contributed by atoms with Gasteiger partial charge in [-0.15, -0.1) is 0 Å². The lowest BCUT2D eigenvalue weighted by atomic mass is 10.3. The van der Waals surface area contributed by atoms with E-state index in [0.29, 0.717) is 38.4 Å². The van der Waals surface area contributed by atoms with Gasteiger partial charge in [0.2, 0.25) is 0 Å². The molecule has 0 spiro atoms. The van der Waals surface area contributed by atoms with Crippen molar-refractivity contribution >= 4 is 12.0 Å². The number of carbonyl (C=O) groups excluding carboxylic acids is 2. The molecule has 0 atom stereocenters. The Hall–Kier alpha value is -2.31. The maximum Gasteiger partial charge on any atom is 0.409 e. The first-order valence-corrected chi connectivity index (χ1v) is 6.72. The predicted octanol–water partition coefficient (Wildman–Crippen LogP) is 1.16. The smallest absolute Gasteiger partial charge is 0.409 e. The van der Waals surface area contributed by atoms with Gasteiger partial charge in [0.15, 0.2) is 6.61 Å². The molecule has 0 aromatic heterocycles. The summed E-state index contributed by atoms with van der Waals surface area (Å²) in [5.41, 5.74) is 0. The Balaban J connectivity index is 1.58. The van der Waals surface area contributed by atoms with E-state index in [9.17, 15) is 14.0 Å². The maximum absolute atomic E-state index is 12.9. The lowest BCUT2D eigenvalue weighted by Crippen LogP contribution is -2.32. The number of halogens is 1. The van der Waals surface area contributed by atoms with Crippen LogP contribution in [0.3, 0.4) is 0 Å². The minimum absolute atomic E-state index is 0.171. The Morgan fingerprint density at radius 1 is 1.48 bits per heavy atom. The molecule has 1 N–H and O–H groups in total. The van der Waals surface area contributed by atoms with E-state index in [1.807, 2.05) is 0 Å². The fraction of sp³-hybridized carbons (Fsp3) is 0.429. The summed E-state index contributed by atoms with van der Waals surface area (Å²) in [6.07, 6.45) is 0.330. The first kappa shape index (κ1) is 15.1. The highest BCUT2D eigenvalue weighted by Crippen LogP contribution is 2.11. The van der Waals surface area contributed by atoms with Crippen molar-refractivity contribution in [3.8, 4) is 5.75 Å². The van der Waals surface area contributed by atoms with Gasteiger partial charge in [-0.2, -0.15) is 0 Å². The highest BCUT2D eigenvalue weighted by atomic mass is 19.1. The van der Waals surface area contributed by atoms with Gasteiger partial charge in [0.05, 0.1) is 6.54 Å². The van der Waals surface area contributed by atoms with Crippen LogP contribution in [0, 0.1) is 5.82 Å². The van der Waals surface area contributed by atoms with Crippen molar-refractivity contribution in [3.05, 3.63) is 30.1 Å². The zero-order valence-corrected chi connectivity index (χ0v) is 11.5. The van der Waals surface area contributed by atoms with Crippen LogP contribution in [0.2, 0.25) is 0 Å². The fourth-order valence-corrected chi connectivity index (χ4v) is 1.88. The summed E-state index contributed by atoms with van der Waals surface area (Å²) in [7, 11) is 0. The van der Waals surface area contributed by atoms with E-state index < -0.39 is 5.82 Å². The number of hydrogen-bond donors (Lipinski definition) is 1. The molecule has 21 heavy (non-hydrogen) atoms. The van der Waals surface area contributed by atoms with E-state index in [4.69, 9.17) is 9.47 Å². The summed E-state index contributed by atoms with van der Waals surface area (Å²) in [5, 5.41) is 2.67. The minimum atomic E-state index is -0.412. The Morgan fingerprint density at radius 2 is 2.33 bits per heavy atom. The molecule has 1 aromatic rings. The second-order valence-electron chi connectivity index (χ2n) is 4.55. The van der Waals surface area contributed by atoms with Gasteiger partial charge in [0.25, 0.3) is 5.91 Å². The Kier molecular flexibility index (Phi) is 5.36. The standard InChI is InChI=1S/C14H17FN2O4/c15-11-3-1-4-12(9-11)21-10-13(18)16-5-2-6-17-7-8-20-14(17)19/h1,3-4,9H,2,5-8,10H2,(H,16,18). The van der Waals surface area contributed by atoms with Gasteiger partial charge in [-0.3, -0.25) is 4.79 Å². The average molecular weight is 296 g/mol. The molecule has 1 aromatic carbocycles. The Bertz CT molecular complexity index is 510. The van der Waals surface area contributed by atoms with Crippen molar-refractivity contribution in [2.24, 2.45) is 0 Å². The van der Waals surface area contributed by atoms with Gasteiger partial charge in [-0.1, -0.05) is 6.07 Å². The minimum Gasteiger partial charge on any atom is -0.484 e. The number of benzene rings is 1. The number of ether oxygens (including phenoxy) is 2. The van der Waals surface area contributed by atoms with E-state index in [1.54, 1.807) is 11.0 Å². The summed E-state index contributed by atoms with van der Waals surface area (Å²) < 4.78 is 22.8. The van der Waals surface area contributed by atoms with Crippen molar-refractivity contribution in [1.82, 2.24) is 10.2 Å². The highest BCUT2D eigenvalue weighted by Gasteiger charge is 2.20. The number of nitrogens with zero attached hydrogens (tertiary/aromatic N) is 1. The summed E-state index contributed by atoms with van der Waals surface area (Å²) in [4.78, 5) is 24.3. The molecule has 0 saturated carbocycles. The van der Waals surface area contributed by atoms with Gasteiger partial charge >= 0.3 is 6.09 Å². The third-order valence-corrected chi connectivity index (χ3v) is 2.94.